The number of amides is 1. The minimum Gasteiger partial charge on any atom is -0.335 e. The molecule has 2 nitrogen and oxygen atoms in total. The van der Waals surface area contributed by atoms with Crippen molar-refractivity contribution < 1.29 is 9.18 Å². The summed E-state index contributed by atoms with van der Waals surface area (Å²) in [5.41, 5.74) is 0.597. The maximum atomic E-state index is 13.0. The van der Waals surface area contributed by atoms with E-state index in [0.717, 1.165) is 24.7 Å². The van der Waals surface area contributed by atoms with Gasteiger partial charge in [-0.05, 0) is 53.6 Å². The van der Waals surface area contributed by atoms with Crippen molar-refractivity contribution in [3.05, 3.63) is 33.1 Å². The van der Waals surface area contributed by atoms with Crippen LogP contribution in [-0.2, 0) is 0 Å². The van der Waals surface area contributed by atoms with E-state index in [4.69, 9.17) is 0 Å². The lowest BCUT2D eigenvalue weighted by molar-refractivity contribution is 0.0749. The summed E-state index contributed by atoms with van der Waals surface area (Å²) >= 11 is 5.44. The third-order valence-corrected chi connectivity index (χ3v) is 4.62. The Balaban J connectivity index is 2.24. The predicted octanol–water partition coefficient (Wildman–Crippen LogP) is 3.43. The zero-order valence-corrected chi connectivity index (χ0v) is 12.9. The Bertz CT molecular complexity index is 441. The van der Waals surface area contributed by atoms with Crippen LogP contribution in [0.3, 0.4) is 0 Å². The highest BCUT2D eigenvalue weighted by Gasteiger charge is 2.29. The number of rotatable bonds is 2. The first-order valence-corrected chi connectivity index (χ1v) is 7.65. The molecule has 0 radical (unpaired) electrons. The minimum atomic E-state index is -0.301. The van der Waals surface area contributed by atoms with Crippen LogP contribution in [-0.4, -0.2) is 28.7 Å². The zero-order chi connectivity index (χ0) is 12.4. The molecule has 1 saturated heterocycles. The topological polar surface area (TPSA) is 20.3 Å². The lowest BCUT2D eigenvalue weighted by Crippen LogP contribution is -2.36. The summed E-state index contributed by atoms with van der Waals surface area (Å²) in [5.74, 6) is -0.291. The highest BCUT2D eigenvalue weighted by atomic mass is 127. The molecule has 17 heavy (non-hydrogen) atoms. The molecule has 0 spiro atoms. The molecule has 2 rings (SSSR count). The number of carbonyl (C=O) groups is 1. The third kappa shape index (κ3) is 2.81. The summed E-state index contributed by atoms with van der Waals surface area (Å²) in [7, 11) is 0. The van der Waals surface area contributed by atoms with E-state index in [0.29, 0.717) is 9.13 Å². The standard InChI is InChI=1S/C12H12BrFINO/c13-7-9-2-1-5-16(9)12(17)10-4-3-8(14)6-11(10)15/h3-4,6,9H,1-2,5,7H2. The van der Waals surface area contributed by atoms with Crippen molar-refractivity contribution in [2.24, 2.45) is 0 Å². The highest BCUT2D eigenvalue weighted by Crippen LogP contribution is 2.23. The molecule has 1 heterocycles. The van der Waals surface area contributed by atoms with Gasteiger partial charge in [-0.15, -0.1) is 0 Å². The van der Waals surface area contributed by atoms with Gasteiger partial charge >= 0.3 is 0 Å². The van der Waals surface area contributed by atoms with Crippen LogP contribution in [0.5, 0.6) is 0 Å². The van der Waals surface area contributed by atoms with Crippen LogP contribution < -0.4 is 0 Å². The molecule has 1 aromatic rings. The van der Waals surface area contributed by atoms with Crippen LogP contribution in [0, 0.1) is 9.39 Å². The zero-order valence-electron chi connectivity index (χ0n) is 9.13. The smallest absolute Gasteiger partial charge is 0.255 e. The van der Waals surface area contributed by atoms with Gasteiger partial charge in [-0.25, -0.2) is 4.39 Å². The largest absolute Gasteiger partial charge is 0.335 e. The quantitative estimate of drug-likeness (QED) is 0.539. The monoisotopic (exact) mass is 411 g/mol. The molecule has 0 aliphatic carbocycles. The van der Waals surface area contributed by atoms with E-state index in [9.17, 15) is 9.18 Å². The first-order valence-electron chi connectivity index (χ1n) is 5.45. The van der Waals surface area contributed by atoms with Gasteiger partial charge in [0.1, 0.15) is 5.82 Å². The minimum absolute atomic E-state index is 0.0105. The molecule has 0 aromatic heterocycles. The fourth-order valence-electron chi connectivity index (χ4n) is 2.08. The number of nitrogens with zero attached hydrogens (tertiary/aromatic N) is 1. The van der Waals surface area contributed by atoms with Crippen molar-refractivity contribution in [1.82, 2.24) is 4.90 Å². The average molecular weight is 412 g/mol. The number of hydrogen-bond acceptors (Lipinski definition) is 1. The number of alkyl halides is 1. The fraction of sp³-hybridized carbons (Fsp3) is 0.417. The van der Waals surface area contributed by atoms with Crippen molar-refractivity contribution in [1.29, 1.82) is 0 Å². The van der Waals surface area contributed by atoms with Crippen molar-refractivity contribution in [3.8, 4) is 0 Å². The molecule has 1 fully saturated rings. The van der Waals surface area contributed by atoms with Gasteiger partial charge in [0.15, 0.2) is 0 Å². The van der Waals surface area contributed by atoms with Crippen LogP contribution in [0.25, 0.3) is 0 Å². The van der Waals surface area contributed by atoms with Crippen molar-refractivity contribution in [3.63, 3.8) is 0 Å². The molecule has 5 heteroatoms. The summed E-state index contributed by atoms with van der Waals surface area (Å²) in [6.07, 6.45) is 2.08. The number of carbonyl (C=O) groups excluding carboxylic acids is 1. The number of hydrogen-bond donors (Lipinski definition) is 0. The average Bonchev–Trinajstić information content (AvgIpc) is 2.76. The number of halogens is 3. The van der Waals surface area contributed by atoms with Gasteiger partial charge in [-0.1, -0.05) is 15.9 Å². The SMILES string of the molecule is O=C(c1ccc(F)cc1I)N1CCCC1CBr. The van der Waals surface area contributed by atoms with Gasteiger partial charge in [0.25, 0.3) is 5.91 Å². The fourth-order valence-corrected chi connectivity index (χ4v) is 3.46. The van der Waals surface area contributed by atoms with Gasteiger partial charge in [0, 0.05) is 21.5 Å². The van der Waals surface area contributed by atoms with Gasteiger partial charge in [0.2, 0.25) is 0 Å². The molecular weight excluding hydrogens is 400 g/mol. The van der Waals surface area contributed by atoms with Gasteiger partial charge in [-0.3, -0.25) is 4.79 Å². The normalized spacial score (nSPS) is 19.7. The molecule has 1 unspecified atom stereocenters. The summed E-state index contributed by atoms with van der Waals surface area (Å²) in [5, 5.41) is 0.802. The van der Waals surface area contributed by atoms with Gasteiger partial charge < -0.3 is 4.90 Å². The van der Waals surface area contributed by atoms with Crippen LogP contribution >= 0.6 is 38.5 Å². The second kappa shape index (κ2) is 5.65. The molecule has 0 saturated carbocycles. The van der Waals surface area contributed by atoms with E-state index in [2.05, 4.69) is 15.9 Å². The Morgan fingerprint density at radius 1 is 1.59 bits per heavy atom. The van der Waals surface area contributed by atoms with Gasteiger partial charge in [0.05, 0.1) is 5.56 Å². The molecule has 0 N–H and O–H groups in total. The third-order valence-electron chi connectivity index (χ3n) is 2.98. The van der Waals surface area contributed by atoms with Crippen LogP contribution in [0.15, 0.2) is 18.2 Å². The Labute approximate surface area is 122 Å². The Morgan fingerprint density at radius 2 is 2.35 bits per heavy atom. The van der Waals surface area contributed by atoms with E-state index < -0.39 is 0 Å². The number of likely N-dealkylation sites (tertiary alicyclic amines) is 1. The van der Waals surface area contributed by atoms with Crippen LogP contribution in [0.1, 0.15) is 23.2 Å². The van der Waals surface area contributed by atoms with E-state index in [1.165, 1.54) is 12.1 Å². The molecular formula is C12H12BrFINO. The van der Waals surface area contributed by atoms with Crippen molar-refractivity contribution >= 4 is 44.4 Å². The Morgan fingerprint density at radius 3 is 3.00 bits per heavy atom. The maximum Gasteiger partial charge on any atom is 0.255 e. The molecule has 1 atom stereocenters. The maximum absolute atomic E-state index is 13.0. The summed E-state index contributed by atoms with van der Waals surface area (Å²) in [4.78, 5) is 14.2. The number of benzene rings is 1. The molecule has 1 aliphatic rings. The molecule has 92 valence electrons. The predicted molar refractivity (Wildman–Crippen MR) is 77.0 cm³/mol. The van der Waals surface area contributed by atoms with Gasteiger partial charge in [-0.2, -0.15) is 0 Å². The van der Waals surface area contributed by atoms with E-state index in [1.54, 1.807) is 6.07 Å². The van der Waals surface area contributed by atoms with Crippen LogP contribution in [0.2, 0.25) is 0 Å². The molecule has 1 aromatic carbocycles. The molecule has 1 aliphatic heterocycles. The second-order valence-electron chi connectivity index (χ2n) is 4.07. The Kier molecular flexibility index (Phi) is 4.41. The molecule has 1 amide bonds. The van der Waals surface area contributed by atoms with E-state index in [1.807, 2.05) is 27.5 Å². The second-order valence-corrected chi connectivity index (χ2v) is 5.88. The lowest BCUT2D eigenvalue weighted by atomic mass is 10.2. The first-order chi connectivity index (χ1) is 8.13. The summed E-state index contributed by atoms with van der Waals surface area (Å²) < 4.78 is 13.7. The van der Waals surface area contributed by atoms with E-state index >= 15 is 0 Å². The first kappa shape index (κ1) is 13.3. The van der Waals surface area contributed by atoms with Crippen molar-refractivity contribution in [2.45, 2.75) is 18.9 Å². The van der Waals surface area contributed by atoms with Crippen LogP contribution in [0.4, 0.5) is 4.39 Å². The van der Waals surface area contributed by atoms with Crippen molar-refractivity contribution in [2.75, 3.05) is 11.9 Å². The highest BCUT2D eigenvalue weighted by molar-refractivity contribution is 14.1. The Hall–Kier alpha value is -0.170. The summed E-state index contributed by atoms with van der Waals surface area (Å²) in [6, 6.07) is 4.58. The lowest BCUT2D eigenvalue weighted by Gasteiger charge is -2.23. The van der Waals surface area contributed by atoms with E-state index in [-0.39, 0.29) is 17.8 Å². The molecule has 0 bridgehead atoms. The summed E-state index contributed by atoms with van der Waals surface area (Å²) in [6.45, 7) is 0.794.